The predicted molar refractivity (Wildman–Crippen MR) is 76.0 cm³/mol. The van der Waals surface area contributed by atoms with Crippen LogP contribution >= 0.6 is 15.9 Å². The fraction of sp³-hybridized carbons (Fsp3) is 0.364. The van der Waals surface area contributed by atoms with Crippen molar-refractivity contribution in [3.63, 3.8) is 0 Å². The first-order chi connectivity index (χ1) is 9.45. The first-order valence-corrected chi connectivity index (χ1v) is 6.61. The minimum atomic E-state index is -0.317. The SMILES string of the molecule is Cc1nc(NC(=O)N(C)Cc2ncc(Br)cn2)nn1C. The molecule has 2 rings (SSSR count). The van der Waals surface area contributed by atoms with Crippen LogP contribution in [-0.4, -0.2) is 42.7 Å². The Morgan fingerprint density at radius 3 is 2.65 bits per heavy atom. The van der Waals surface area contributed by atoms with E-state index in [0.717, 1.165) is 10.3 Å². The highest BCUT2D eigenvalue weighted by molar-refractivity contribution is 9.10. The Kier molecular flexibility index (Phi) is 4.28. The second-order valence-electron chi connectivity index (χ2n) is 4.21. The van der Waals surface area contributed by atoms with Crippen LogP contribution in [0.4, 0.5) is 10.7 Å². The maximum atomic E-state index is 12.0. The summed E-state index contributed by atoms with van der Waals surface area (Å²) in [4.78, 5) is 25.7. The smallest absolute Gasteiger partial charge is 0.320 e. The summed E-state index contributed by atoms with van der Waals surface area (Å²) in [5, 5.41) is 6.67. The van der Waals surface area contributed by atoms with Crippen molar-refractivity contribution in [3.05, 3.63) is 28.5 Å². The molecule has 2 heterocycles. The summed E-state index contributed by atoms with van der Waals surface area (Å²) in [6.07, 6.45) is 3.27. The fourth-order valence-corrected chi connectivity index (χ4v) is 1.62. The fourth-order valence-electron chi connectivity index (χ4n) is 1.41. The monoisotopic (exact) mass is 339 g/mol. The molecule has 20 heavy (non-hydrogen) atoms. The molecule has 0 aromatic carbocycles. The van der Waals surface area contributed by atoms with E-state index in [1.807, 2.05) is 6.92 Å². The van der Waals surface area contributed by atoms with E-state index in [4.69, 9.17) is 0 Å². The average Bonchev–Trinajstić information content (AvgIpc) is 2.71. The van der Waals surface area contributed by atoms with Gasteiger partial charge in [0.15, 0.2) is 0 Å². The first kappa shape index (κ1) is 14.4. The van der Waals surface area contributed by atoms with Gasteiger partial charge < -0.3 is 4.90 Å². The molecule has 0 aliphatic heterocycles. The van der Waals surface area contributed by atoms with E-state index in [0.29, 0.717) is 12.4 Å². The second kappa shape index (κ2) is 5.95. The van der Waals surface area contributed by atoms with Crippen molar-refractivity contribution >= 4 is 27.9 Å². The van der Waals surface area contributed by atoms with E-state index in [-0.39, 0.29) is 12.0 Å². The maximum absolute atomic E-state index is 12.0. The Morgan fingerprint density at radius 2 is 2.10 bits per heavy atom. The minimum absolute atomic E-state index is 0.276. The molecule has 2 aromatic heterocycles. The molecule has 0 bridgehead atoms. The van der Waals surface area contributed by atoms with Gasteiger partial charge in [-0.2, -0.15) is 4.98 Å². The Bertz CT molecular complexity index is 590. The number of urea groups is 1. The Balaban J connectivity index is 1.96. The largest absolute Gasteiger partial charge is 0.324 e. The molecule has 2 amide bonds. The number of carbonyl (C=O) groups excluding carboxylic acids is 1. The molecule has 0 saturated carbocycles. The van der Waals surface area contributed by atoms with Gasteiger partial charge in [-0.25, -0.2) is 14.8 Å². The number of aryl methyl sites for hydroxylation is 2. The molecule has 0 aliphatic carbocycles. The van der Waals surface area contributed by atoms with Crippen molar-refractivity contribution in [3.8, 4) is 0 Å². The summed E-state index contributed by atoms with van der Waals surface area (Å²) in [6, 6.07) is -0.317. The average molecular weight is 340 g/mol. The van der Waals surface area contributed by atoms with Crippen LogP contribution in [0.3, 0.4) is 0 Å². The Labute approximate surface area is 124 Å². The molecule has 0 unspecified atom stereocenters. The summed E-state index contributed by atoms with van der Waals surface area (Å²) >= 11 is 3.26. The van der Waals surface area contributed by atoms with Crippen LogP contribution < -0.4 is 5.32 Å². The van der Waals surface area contributed by atoms with Crippen LogP contribution in [0.2, 0.25) is 0 Å². The van der Waals surface area contributed by atoms with Gasteiger partial charge in [-0.15, -0.1) is 5.10 Å². The molecule has 0 fully saturated rings. The number of halogens is 1. The van der Waals surface area contributed by atoms with E-state index in [1.165, 1.54) is 4.90 Å². The van der Waals surface area contributed by atoms with Crippen LogP contribution in [0.25, 0.3) is 0 Å². The lowest BCUT2D eigenvalue weighted by Crippen LogP contribution is -2.31. The number of rotatable bonds is 3. The molecule has 0 saturated heterocycles. The third kappa shape index (κ3) is 3.50. The van der Waals surface area contributed by atoms with Crippen LogP contribution in [-0.2, 0) is 13.6 Å². The van der Waals surface area contributed by atoms with Crippen LogP contribution in [0.5, 0.6) is 0 Å². The summed E-state index contributed by atoms with van der Waals surface area (Å²) < 4.78 is 2.38. The van der Waals surface area contributed by atoms with Gasteiger partial charge in [-0.1, -0.05) is 0 Å². The van der Waals surface area contributed by atoms with Crippen LogP contribution in [0.1, 0.15) is 11.6 Å². The number of hydrogen-bond donors (Lipinski definition) is 1. The van der Waals surface area contributed by atoms with Gasteiger partial charge >= 0.3 is 6.03 Å². The zero-order valence-corrected chi connectivity index (χ0v) is 12.9. The third-order valence-electron chi connectivity index (χ3n) is 2.60. The van der Waals surface area contributed by atoms with Crippen molar-refractivity contribution in [2.24, 2.45) is 7.05 Å². The number of carbonyl (C=O) groups is 1. The molecular formula is C11H14BrN7O. The van der Waals surface area contributed by atoms with Crippen molar-refractivity contribution in [2.45, 2.75) is 13.5 Å². The van der Waals surface area contributed by atoms with Gasteiger partial charge in [0, 0.05) is 26.5 Å². The van der Waals surface area contributed by atoms with Gasteiger partial charge in [-0.05, 0) is 22.9 Å². The molecule has 0 radical (unpaired) electrons. The molecule has 0 spiro atoms. The summed E-state index contributed by atoms with van der Waals surface area (Å²) in [5.41, 5.74) is 0. The van der Waals surface area contributed by atoms with Gasteiger partial charge in [-0.3, -0.25) is 10.00 Å². The number of anilines is 1. The normalized spacial score (nSPS) is 10.4. The van der Waals surface area contributed by atoms with Crippen molar-refractivity contribution < 1.29 is 4.79 Å². The number of amides is 2. The summed E-state index contributed by atoms with van der Waals surface area (Å²) in [5.74, 6) is 1.55. The highest BCUT2D eigenvalue weighted by atomic mass is 79.9. The van der Waals surface area contributed by atoms with Gasteiger partial charge in [0.25, 0.3) is 0 Å². The number of nitrogens with one attached hydrogen (secondary N) is 1. The predicted octanol–water partition coefficient (Wildman–Crippen LogP) is 1.34. The summed E-state index contributed by atoms with van der Waals surface area (Å²) in [6.45, 7) is 2.10. The van der Waals surface area contributed by atoms with Gasteiger partial charge in [0.05, 0.1) is 11.0 Å². The Hall–Kier alpha value is -2.03. The molecule has 0 aliphatic rings. The maximum Gasteiger partial charge on any atom is 0.324 e. The van der Waals surface area contributed by atoms with E-state index >= 15 is 0 Å². The lowest BCUT2D eigenvalue weighted by molar-refractivity contribution is 0.219. The Morgan fingerprint density at radius 1 is 1.45 bits per heavy atom. The third-order valence-corrected chi connectivity index (χ3v) is 3.01. The van der Waals surface area contributed by atoms with Gasteiger partial charge in [0.1, 0.15) is 11.6 Å². The molecule has 1 N–H and O–H groups in total. The van der Waals surface area contributed by atoms with E-state index < -0.39 is 0 Å². The molecule has 2 aromatic rings. The first-order valence-electron chi connectivity index (χ1n) is 5.82. The molecular weight excluding hydrogens is 326 g/mol. The van der Waals surface area contributed by atoms with Crippen molar-refractivity contribution in [2.75, 3.05) is 12.4 Å². The van der Waals surface area contributed by atoms with E-state index in [9.17, 15) is 4.79 Å². The lowest BCUT2D eigenvalue weighted by atomic mass is 10.5. The molecule has 106 valence electrons. The quantitative estimate of drug-likeness (QED) is 0.911. The number of nitrogens with zero attached hydrogens (tertiary/aromatic N) is 6. The lowest BCUT2D eigenvalue weighted by Gasteiger charge is -2.15. The van der Waals surface area contributed by atoms with Crippen LogP contribution in [0, 0.1) is 6.92 Å². The van der Waals surface area contributed by atoms with Crippen molar-refractivity contribution in [1.82, 2.24) is 29.6 Å². The zero-order valence-electron chi connectivity index (χ0n) is 11.3. The second-order valence-corrected chi connectivity index (χ2v) is 5.13. The number of hydrogen-bond acceptors (Lipinski definition) is 5. The van der Waals surface area contributed by atoms with Crippen molar-refractivity contribution in [1.29, 1.82) is 0 Å². The summed E-state index contributed by atoms with van der Waals surface area (Å²) in [7, 11) is 3.41. The molecule has 8 nitrogen and oxygen atoms in total. The highest BCUT2D eigenvalue weighted by Gasteiger charge is 2.13. The van der Waals surface area contributed by atoms with Gasteiger partial charge in [0.2, 0.25) is 5.95 Å². The van der Waals surface area contributed by atoms with E-state index in [2.05, 4.69) is 41.3 Å². The van der Waals surface area contributed by atoms with Crippen LogP contribution in [0.15, 0.2) is 16.9 Å². The van der Waals surface area contributed by atoms with E-state index in [1.54, 1.807) is 31.2 Å². The minimum Gasteiger partial charge on any atom is -0.320 e. The number of aromatic nitrogens is 5. The molecule has 0 atom stereocenters. The standard InChI is InChI=1S/C11H14BrN7O/c1-7-15-10(17-19(7)3)16-11(20)18(2)6-9-13-4-8(12)5-14-9/h4-5H,6H2,1-3H3,(H,16,17,20). The molecule has 9 heteroatoms. The topological polar surface area (TPSA) is 88.8 Å². The highest BCUT2D eigenvalue weighted by Crippen LogP contribution is 2.06. The zero-order chi connectivity index (χ0) is 14.7.